The molecule has 0 bridgehead atoms. The molecule has 43 heavy (non-hydrogen) atoms. The lowest BCUT2D eigenvalue weighted by atomic mass is 9.75. The summed E-state index contributed by atoms with van der Waals surface area (Å²) in [5.41, 5.74) is -5.79. The number of anilines is 2. The molecule has 230 valence electrons. The van der Waals surface area contributed by atoms with Gasteiger partial charge in [-0.1, -0.05) is 19.9 Å². The first-order chi connectivity index (χ1) is 19.9. The van der Waals surface area contributed by atoms with Gasteiger partial charge < -0.3 is 24.9 Å². The van der Waals surface area contributed by atoms with Gasteiger partial charge in [-0.3, -0.25) is 9.48 Å². The van der Waals surface area contributed by atoms with Crippen molar-refractivity contribution in [2.75, 3.05) is 11.9 Å². The highest BCUT2D eigenvalue weighted by Gasteiger charge is 2.66. The molecule has 3 aromatic rings. The molecular formula is C30H34F3N5O5. The van der Waals surface area contributed by atoms with Gasteiger partial charge in [-0.25, -0.2) is 4.79 Å². The van der Waals surface area contributed by atoms with Gasteiger partial charge >= 0.3 is 12.1 Å². The van der Waals surface area contributed by atoms with E-state index in [4.69, 9.17) is 9.47 Å². The number of ether oxygens (including phenoxy) is 2. The summed E-state index contributed by atoms with van der Waals surface area (Å²) in [5.74, 6) is -0.369. The van der Waals surface area contributed by atoms with Crippen molar-refractivity contribution >= 4 is 28.4 Å². The monoisotopic (exact) mass is 601 g/mol. The first-order valence-corrected chi connectivity index (χ1v) is 13.9. The number of hydrogen-bond acceptors (Lipinski definition) is 8. The number of fused-ring (bicyclic) bond motifs is 2. The molecule has 1 fully saturated rings. The Bertz CT molecular complexity index is 1670. The van der Waals surface area contributed by atoms with Crippen molar-refractivity contribution in [3.05, 3.63) is 51.9 Å². The van der Waals surface area contributed by atoms with Crippen molar-refractivity contribution in [1.82, 2.24) is 14.8 Å². The van der Waals surface area contributed by atoms with Gasteiger partial charge in [0.05, 0.1) is 30.2 Å². The van der Waals surface area contributed by atoms with Crippen molar-refractivity contribution in [2.24, 2.45) is 5.41 Å². The lowest BCUT2D eigenvalue weighted by Crippen LogP contribution is -2.50. The van der Waals surface area contributed by atoms with E-state index in [2.05, 4.69) is 21.5 Å². The number of rotatable bonds is 5. The second-order valence-corrected chi connectivity index (χ2v) is 13.0. The molecule has 1 aliphatic carbocycles. The molecule has 0 saturated carbocycles. The van der Waals surface area contributed by atoms with Crippen LogP contribution in [0.15, 0.2) is 35.3 Å². The minimum absolute atomic E-state index is 0.0227. The predicted molar refractivity (Wildman–Crippen MR) is 151 cm³/mol. The Hall–Kier alpha value is -3.89. The van der Waals surface area contributed by atoms with Crippen LogP contribution < -0.4 is 10.9 Å². The number of esters is 1. The van der Waals surface area contributed by atoms with E-state index in [1.54, 1.807) is 31.5 Å². The number of nitrogens with zero attached hydrogens (tertiary/aromatic N) is 3. The third-order valence-electron chi connectivity index (χ3n) is 8.34. The van der Waals surface area contributed by atoms with E-state index >= 15 is 0 Å². The van der Waals surface area contributed by atoms with Gasteiger partial charge in [0.1, 0.15) is 11.0 Å². The summed E-state index contributed by atoms with van der Waals surface area (Å²) < 4.78 is 55.0. The van der Waals surface area contributed by atoms with Crippen LogP contribution in [0.4, 0.5) is 24.7 Å². The number of benzene rings is 1. The second kappa shape index (κ2) is 10.1. The molecule has 3 heterocycles. The quantitative estimate of drug-likeness (QED) is 0.350. The number of alkyl halides is 3. The van der Waals surface area contributed by atoms with E-state index in [9.17, 15) is 33.1 Å². The van der Waals surface area contributed by atoms with Gasteiger partial charge in [-0.05, 0) is 69.4 Å². The summed E-state index contributed by atoms with van der Waals surface area (Å²) in [6.07, 6.45) is -3.70. The zero-order valence-electron chi connectivity index (χ0n) is 24.6. The molecule has 10 nitrogen and oxygen atoms in total. The van der Waals surface area contributed by atoms with Gasteiger partial charge in [0, 0.05) is 17.3 Å². The summed E-state index contributed by atoms with van der Waals surface area (Å²) in [5, 5.41) is 28.5. The number of nitrogens with one attached hydrogen (secondary N) is 2. The van der Waals surface area contributed by atoms with Gasteiger partial charge in [0.25, 0.3) is 5.56 Å². The van der Waals surface area contributed by atoms with Crippen molar-refractivity contribution in [3.63, 3.8) is 0 Å². The van der Waals surface area contributed by atoms with Crippen molar-refractivity contribution in [2.45, 2.75) is 89.3 Å². The molecule has 0 radical (unpaired) electrons. The zero-order valence-corrected chi connectivity index (χ0v) is 24.6. The second-order valence-electron chi connectivity index (χ2n) is 13.0. The highest BCUT2D eigenvalue weighted by molar-refractivity contribution is 5.91. The highest BCUT2D eigenvalue weighted by Crippen LogP contribution is 2.58. The minimum atomic E-state index is -4.88. The Kier molecular flexibility index (Phi) is 7.17. The fourth-order valence-corrected chi connectivity index (χ4v) is 6.23. The summed E-state index contributed by atoms with van der Waals surface area (Å²) >= 11 is 0. The first kappa shape index (κ1) is 30.6. The maximum absolute atomic E-state index is 14.0. The zero-order chi connectivity index (χ0) is 31.6. The number of carbonyl (C=O) groups is 1. The van der Waals surface area contributed by atoms with Gasteiger partial charge in [-0.15, -0.1) is 0 Å². The molecule has 13 heteroatoms. The average molecular weight is 602 g/mol. The lowest BCUT2D eigenvalue weighted by molar-refractivity contribution is -0.299. The Labute approximate surface area is 245 Å². The number of pyridine rings is 1. The van der Waals surface area contributed by atoms with Gasteiger partial charge in [0.2, 0.25) is 0 Å². The van der Waals surface area contributed by atoms with E-state index in [0.29, 0.717) is 23.2 Å². The Morgan fingerprint density at radius 2 is 2.02 bits per heavy atom. The van der Waals surface area contributed by atoms with Crippen LogP contribution in [-0.4, -0.2) is 50.3 Å². The predicted octanol–water partition coefficient (Wildman–Crippen LogP) is 4.93. The third-order valence-corrected chi connectivity index (χ3v) is 8.34. The number of carbonyl (C=O) groups excluding carboxylic acids is 1. The normalized spacial score (nSPS) is 25.3. The van der Waals surface area contributed by atoms with Crippen molar-refractivity contribution in [1.29, 1.82) is 5.26 Å². The maximum Gasteiger partial charge on any atom is 0.421 e. The number of hydrogen-bond donors (Lipinski definition) is 3. The van der Waals surface area contributed by atoms with Crippen LogP contribution in [0.5, 0.6) is 0 Å². The summed E-state index contributed by atoms with van der Waals surface area (Å²) in [6.45, 7) is 7.97. The van der Waals surface area contributed by atoms with E-state index in [1.165, 1.54) is 38.2 Å². The number of nitriles is 1. The average Bonchev–Trinajstić information content (AvgIpc) is 3.36. The van der Waals surface area contributed by atoms with E-state index < -0.39 is 46.0 Å². The maximum atomic E-state index is 14.0. The van der Waals surface area contributed by atoms with E-state index in [0.717, 1.165) is 0 Å². The molecule has 3 unspecified atom stereocenters. The molecular weight excluding hydrogens is 567 g/mol. The Morgan fingerprint density at radius 1 is 1.30 bits per heavy atom. The fraction of sp³-hybridized carbons (Fsp3) is 0.533. The Balaban J connectivity index is 1.51. The molecule has 1 saturated heterocycles. The molecule has 2 aliphatic rings. The van der Waals surface area contributed by atoms with E-state index in [1.807, 2.05) is 0 Å². The van der Waals surface area contributed by atoms with Crippen LogP contribution in [0, 0.1) is 16.7 Å². The van der Waals surface area contributed by atoms with Gasteiger partial charge in [0.15, 0.2) is 17.5 Å². The van der Waals surface area contributed by atoms with E-state index in [-0.39, 0.29) is 42.6 Å². The highest BCUT2D eigenvalue weighted by atomic mass is 19.4. The summed E-state index contributed by atoms with van der Waals surface area (Å²) in [6, 6.07) is 7.98. The van der Waals surface area contributed by atoms with Crippen molar-refractivity contribution < 1.29 is 32.5 Å². The topological polar surface area (TPSA) is 142 Å². The SMILES string of the molecule is CC(C)(C)OC(=O)C1CCC(CC#N)(n2nc(Nc3ccc4c(c3)CC(C)(C)C4(O)C(F)(F)F)c3c(=O)[nH]ccc32)CO1. The fourth-order valence-electron chi connectivity index (χ4n) is 6.23. The van der Waals surface area contributed by atoms with Crippen molar-refractivity contribution in [3.8, 4) is 6.07 Å². The summed E-state index contributed by atoms with van der Waals surface area (Å²) in [7, 11) is 0. The van der Waals surface area contributed by atoms with Crippen LogP contribution in [0.1, 0.15) is 65.0 Å². The third kappa shape index (κ3) is 5.06. The standard InChI is InChI=1S/C30H34F3N5O5/c1-26(2,3)43-25(40)21-8-10-28(11-12-34,16-42-21)38-20-9-13-35-24(39)22(20)23(37-38)36-18-6-7-19-17(14-18)15-27(4,5)29(19,41)30(31,32)33/h6-7,9,13-14,21,41H,8,10-11,15-16H2,1-5H3,(H,35,39)(H,36,37). The Morgan fingerprint density at radius 3 is 2.63 bits per heavy atom. The van der Waals surface area contributed by atoms with Crippen LogP contribution in [0.25, 0.3) is 10.9 Å². The lowest BCUT2D eigenvalue weighted by Gasteiger charge is -2.39. The number of halogens is 3. The molecule has 3 atom stereocenters. The number of H-pyrrole nitrogens is 1. The first-order valence-electron chi connectivity index (χ1n) is 13.9. The van der Waals surface area contributed by atoms with Crippen LogP contribution in [0.3, 0.4) is 0 Å². The molecule has 3 N–H and O–H groups in total. The van der Waals surface area contributed by atoms with Crippen LogP contribution in [0.2, 0.25) is 0 Å². The largest absolute Gasteiger partial charge is 0.458 e. The molecule has 5 rings (SSSR count). The molecule has 0 spiro atoms. The number of aromatic amines is 1. The smallest absolute Gasteiger partial charge is 0.421 e. The molecule has 0 amide bonds. The number of aromatic nitrogens is 3. The molecule has 1 aliphatic heterocycles. The minimum Gasteiger partial charge on any atom is -0.458 e. The molecule has 1 aromatic carbocycles. The van der Waals surface area contributed by atoms with Gasteiger partial charge in [-0.2, -0.15) is 23.5 Å². The summed E-state index contributed by atoms with van der Waals surface area (Å²) in [4.78, 5) is 28.3. The number of aliphatic hydroxyl groups is 1. The van der Waals surface area contributed by atoms with Crippen LogP contribution in [-0.2, 0) is 31.8 Å². The van der Waals surface area contributed by atoms with Crippen LogP contribution >= 0.6 is 0 Å². The molecule has 2 aromatic heterocycles.